The van der Waals surface area contributed by atoms with Crippen molar-refractivity contribution >= 4 is 17.5 Å². The molecule has 2 heterocycles. The fourth-order valence-electron chi connectivity index (χ4n) is 3.84. The van der Waals surface area contributed by atoms with Gasteiger partial charge >= 0.3 is 0 Å². The Labute approximate surface area is 130 Å². The molecule has 0 saturated carbocycles. The van der Waals surface area contributed by atoms with Gasteiger partial charge in [-0.1, -0.05) is 24.2 Å². The van der Waals surface area contributed by atoms with Crippen molar-refractivity contribution < 1.29 is 9.23 Å². The molecule has 1 unspecified atom stereocenters. The molecule has 3 rings (SSSR count). The number of rotatable bonds is 4. The number of benzene rings is 1. The van der Waals surface area contributed by atoms with Crippen molar-refractivity contribution in [2.45, 2.75) is 49.0 Å². The maximum absolute atomic E-state index is 13.2. The van der Waals surface area contributed by atoms with Crippen LogP contribution in [0.15, 0.2) is 29.4 Å². The van der Waals surface area contributed by atoms with Gasteiger partial charge in [0.1, 0.15) is 12.9 Å². The van der Waals surface area contributed by atoms with E-state index in [1.165, 1.54) is 24.8 Å². The lowest BCUT2D eigenvalue weighted by Crippen LogP contribution is -2.34. The number of hydrogen-bond donors (Lipinski definition) is 0. The molecule has 114 valence electrons. The molecule has 4 atom stereocenters. The molecular formula is C17H22FNOS. The third kappa shape index (κ3) is 2.96. The van der Waals surface area contributed by atoms with Crippen LogP contribution in [0.25, 0.3) is 0 Å². The van der Waals surface area contributed by atoms with E-state index in [1.807, 2.05) is 12.1 Å². The summed E-state index contributed by atoms with van der Waals surface area (Å²) < 4.78 is 13.2. The molecule has 2 bridgehead atoms. The average molecular weight is 307 g/mol. The summed E-state index contributed by atoms with van der Waals surface area (Å²) in [6.45, 7) is 2.14. The lowest BCUT2D eigenvalue weighted by atomic mass is 9.78. The summed E-state index contributed by atoms with van der Waals surface area (Å²) in [5.41, 5.74) is 2.40. The van der Waals surface area contributed by atoms with E-state index in [0.717, 1.165) is 17.4 Å². The SMILES string of the molecule is CCC(=NOC)[C@@H]1[C@H]2CCC(C[C@H]1c1ccc(F)cc1)S2. The van der Waals surface area contributed by atoms with E-state index < -0.39 is 0 Å². The van der Waals surface area contributed by atoms with E-state index in [-0.39, 0.29) is 5.82 Å². The minimum atomic E-state index is -0.162. The molecule has 4 heteroatoms. The van der Waals surface area contributed by atoms with Crippen LogP contribution in [0.1, 0.15) is 44.1 Å². The van der Waals surface area contributed by atoms with Crippen LogP contribution < -0.4 is 0 Å². The first-order valence-electron chi connectivity index (χ1n) is 7.73. The van der Waals surface area contributed by atoms with Gasteiger partial charge in [0.2, 0.25) is 0 Å². The summed E-state index contributed by atoms with van der Waals surface area (Å²) in [6, 6.07) is 7.05. The molecule has 0 aliphatic carbocycles. The normalized spacial score (nSPS) is 32.2. The molecule has 0 amide bonds. The monoisotopic (exact) mass is 307 g/mol. The van der Waals surface area contributed by atoms with E-state index in [1.54, 1.807) is 19.2 Å². The molecule has 1 aromatic carbocycles. The first-order valence-corrected chi connectivity index (χ1v) is 8.68. The zero-order chi connectivity index (χ0) is 14.8. The number of nitrogens with zero attached hydrogens (tertiary/aromatic N) is 1. The minimum Gasteiger partial charge on any atom is -0.399 e. The molecule has 2 fully saturated rings. The third-order valence-electron chi connectivity index (χ3n) is 4.74. The Hall–Kier alpha value is -1.03. The molecule has 1 aromatic rings. The van der Waals surface area contributed by atoms with Gasteiger partial charge in [-0.05, 0) is 49.3 Å². The second-order valence-electron chi connectivity index (χ2n) is 5.91. The highest BCUT2D eigenvalue weighted by Crippen LogP contribution is 2.53. The van der Waals surface area contributed by atoms with E-state index in [4.69, 9.17) is 4.84 Å². The quantitative estimate of drug-likeness (QED) is 0.598. The van der Waals surface area contributed by atoms with Gasteiger partial charge in [-0.3, -0.25) is 0 Å². The van der Waals surface area contributed by atoms with Crippen LogP contribution in [0.3, 0.4) is 0 Å². The van der Waals surface area contributed by atoms with Gasteiger partial charge in [-0.2, -0.15) is 11.8 Å². The summed E-state index contributed by atoms with van der Waals surface area (Å²) in [5, 5.41) is 5.69. The fraction of sp³-hybridized carbons (Fsp3) is 0.588. The Kier molecular flexibility index (Phi) is 4.53. The molecule has 0 N–H and O–H groups in total. The zero-order valence-electron chi connectivity index (χ0n) is 12.6. The smallest absolute Gasteiger partial charge is 0.123 e. The van der Waals surface area contributed by atoms with E-state index >= 15 is 0 Å². The van der Waals surface area contributed by atoms with Crippen molar-refractivity contribution in [1.82, 2.24) is 0 Å². The number of halogens is 1. The standard InChI is InChI=1S/C17H22FNOS/c1-3-15(19-20-2)17-14(10-13-8-9-16(17)21-13)11-4-6-12(18)7-5-11/h4-7,13-14,16-17H,3,8-10H2,1-2H3/t13?,14-,16+,17+/m0/s1. The number of oxime groups is 1. The van der Waals surface area contributed by atoms with Gasteiger partial charge < -0.3 is 4.84 Å². The Morgan fingerprint density at radius 2 is 2.10 bits per heavy atom. The van der Waals surface area contributed by atoms with Crippen LogP contribution >= 0.6 is 11.8 Å². The van der Waals surface area contributed by atoms with Crippen molar-refractivity contribution in [3.63, 3.8) is 0 Å². The van der Waals surface area contributed by atoms with Gasteiger partial charge in [-0.25, -0.2) is 4.39 Å². The van der Waals surface area contributed by atoms with Crippen LogP contribution in [0, 0.1) is 11.7 Å². The molecule has 2 nitrogen and oxygen atoms in total. The first-order chi connectivity index (χ1) is 10.2. The summed E-state index contributed by atoms with van der Waals surface area (Å²) >= 11 is 2.12. The maximum atomic E-state index is 13.2. The second kappa shape index (κ2) is 6.39. The zero-order valence-corrected chi connectivity index (χ0v) is 13.4. The van der Waals surface area contributed by atoms with Gasteiger partial charge in [-0.15, -0.1) is 0 Å². The summed E-state index contributed by atoms with van der Waals surface area (Å²) in [4.78, 5) is 5.08. The molecule has 21 heavy (non-hydrogen) atoms. The molecule has 2 aliphatic heterocycles. The highest BCUT2D eigenvalue weighted by molar-refractivity contribution is 8.00. The molecule has 2 saturated heterocycles. The highest BCUT2D eigenvalue weighted by atomic mass is 32.2. The average Bonchev–Trinajstić information content (AvgIpc) is 2.88. The van der Waals surface area contributed by atoms with Crippen molar-refractivity contribution in [2.24, 2.45) is 11.1 Å². The largest absolute Gasteiger partial charge is 0.399 e. The van der Waals surface area contributed by atoms with Crippen LogP contribution in [0.4, 0.5) is 4.39 Å². The van der Waals surface area contributed by atoms with E-state index in [9.17, 15) is 4.39 Å². The summed E-state index contributed by atoms with van der Waals surface area (Å²) in [7, 11) is 1.62. The van der Waals surface area contributed by atoms with Gasteiger partial charge in [0.25, 0.3) is 0 Å². The maximum Gasteiger partial charge on any atom is 0.123 e. The van der Waals surface area contributed by atoms with Crippen LogP contribution in [0.2, 0.25) is 0 Å². The topological polar surface area (TPSA) is 21.6 Å². The lowest BCUT2D eigenvalue weighted by molar-refractivity contribution is 0.209. The Bertz CT molecular complexity index is 516. The molecule has 0 radical (unpaired) electrons. The molecule has 2 aliphatic rings. The second-order valence-corrected chi connectivity index (χ2v) is 7.46. The van der Waals surface area contributed by atoms with Crippen molar-refractivity contribution in [3.05, 3.63) is 35.6 Å². The van der Waals surface area contributed by atoms with E-state index in [2.05, 4.69) is 23.8 Å². The number of fused-ring (bicyclic) bond motifs is 2. The minimum absolute atomic E-state index is 0.162. The van der Waals surface area contributed by atoms with Crippen molar-refractivity contribution in [2.75, 3.05) is 7.11 Å². The van der Waals surface area contributed by atoms with Crippen LogP contribution in [-0.2, 0) is 4.84 Å². The Balaban J connectivity index is 1.95. The third-order valence-corrected chi connectivity index (χ3v) is 6.44. The molecule has 0 spiro atoms. The van der Waals surface area contributed by atoms with Crippen molar-refractivity contribution in [3.8, 4) is 0 Å². The predicted molar refractivity (Wildman–Crippen MR) is 86.4 cm³/mol. The highest BCUT2D eigenvalue weighted by Gasteiger charge is 2.45. The predicted octanol–water partition coefficient (Wildman–Crippen LogP) is 4.61. The van der Waals surface area contributed by atoms with Gasteiger partial charge in [0.05, 0.1) is 5.71 Å². The number of hydrogen-bond acceptors (Lipinski definition) is 3. The fourth-order valence-corrected chi connectivity index (χ4v) is 5.71. The van der Waals surface area contributed by atoms with Crippen LogP contribution in [0.5, 0.6) is 0 Å². The van der Waals surface area contributed by atoms with Crippen molar-refractivity contribution in [1.29, 1.82) is 0 Å². The Morgan fingerprint density at radius 1 is 1.33 bits per heavy atom. The number of thioether (sulfide) groups is 1. The molecular weight excluding hydrogens is 285 g/mol. The lowest BCUT2D eigenvalue weighted by Gasteiger charge is -2.37. The van der Waals surface area contributed by atoms with Gasteiger partial charge in [0.15, 0.2) is 0 Å². The van der Waals surface area contributed by atoms with Gasteiger partial charge in [0, 0.05) is 16.4 Å². The Morgan fingerprint density at radius 3 is 2.76 bits per heavy atom. The first kappa shape index (κ1) is 14.9. The summed E-state index contributed by atoms with van der Waals surface area (Å²) in [5.74, 6) is 0.701. The van der Waals surface area contributed by atoms with Crippen LogP contribution in [-0.4, -0.2) is 23.3 Å². The summed E-state index contributed by atoms with van der Waals surface area (Å²) in [6.07, 6.45) is 4.64. The van der Waals surface area contributed by atoms with E-state index in [0.29, 0.717) is 17.1 Å². The molecule has 0 aromatic heterocycles.